The van der Waals surface area contributed by atoms with Crippen molar-refractivity contribution in [2.75, 3.05) is 0 Å². The summed E-state index contributed by atoms with van der Waals surface area (Å²) in [5.41, 5.74) is 8.70. The first-order valence-corrected chi connectivity index (χ1v) is 25.4. The van der Waals surface area contributed by atoms with Gasteiger partial charge in [-0.15, -0.1) is 0 Å². The van der Waals surface area contributed by atoms with Crippen LogP contribution >= 0.6 is 0 Å². The monoisotopic (exact) mass is 1120 g/mol. The first kappa shape index (κ1) is 52.5. The van der Waals surface area contributed by atoms with E-state index >= 15 is 13.2 Å². The van der Waals surface area contributed by atoms with E-state index in [1.54, 1.807) is 4.58 Å². The maximum atomic E-state index is 15.5. The Balaban J connectivity index is 0.00000220. The number of phenolic OH excluding ortho intramolecular Hbond substituents is 2. The van der Waals surface area contributed by atoms with E-state index in [4.69, 9.17) is 0 Å². The summed E-state index contributed by atoms with van der Waals surface area (Å²) in [6, 6.07) is 20.9. The largest absolute Gasteiger partial charge is 0.508 e. The molecule has 8 fully saturated rings. The third-order valence-electron chi connectivity index (χ3n) is 18.1. The molecule has 13 rings (SSSR count). The molecule has 4 aromatic rings. The zero-order valence-corrected chi connectivity index (χ0v) is 47.2. The van der Waals surface area contributed by atoms with Gasteiger partial charge in [-0.1, -0.05) is 113 Å². The van der Waals surface area contributed by atoms with Crippen LogP contribution in [0, 0.1) is 70.3 Å². The molecule has 8 aliphatic carbocycles. The molecule has 0 radical (unpaired) electrons. The Morgan fingerprint density at radius 1 is 0.557 bits per heavy atom. The second-order valence-corrected chi connectivity index (χ2v) is 25.3. The van der Waals surface area contributed by atoms with Gasteiger partial charge in [0.2, 0.25) is 0 Å². The van der Waals surface area contributed by atoms with Crippen LogP contribution in [0.4, 0.5) is 13.2 Å². The van der Waals surface area contributed by atoms with Crippen LogP contribution in [0.15, 0.2) is 78.4 Å². The van der Waals surface area contributed by atoms with Crippen molar-refractivity contribution in [2.24, 2.45) is 35.5 Å². The Kier molecular flexibility index (Phi) is 13.5. The number of alkyl halides is 3. The van der Waals surface area contributed by atoms with Crippen LogP contribution in [0.3, 0.4) is 0 Å². The second-order valence-electron chi connectivity index (χ2n) is 25.3. The first-order chi connectivity index (χ1) is 31.5. The Labute approximate surface area is 437 Å². The van der Waals surface area contributed by atoms with Gasteiger partial charge < -0.3 is 25.1 Å². The summed E-state index contributed by atoms with van der Waals surface area (Å²) in [6.07, 6.45) is 11.9. The molecule has 0 unspecified atom stereocenters. The van der Waals surface area contributed by atoms with Crippen LogP contribution in [0.2, 0.25) is 0 Å². The number of halogens is 3. The molecule has 9 aliphatic rings. The van der Waals surface area contributed by atoms with Crippen molar-refractivity contribution in [3.05, 3.63) is 144 Å². The molecule has 372 valence electrons. The third-order valence-corrected chi connectivity index (χ3v) is 18.1. The molecule has 7 heteroatoms. The summed E-state index contributed by atoms with van der Waals surface area (Å²) in [7, 11) is 0. The smallest absolute Gasteiger partial charge is 0.393 e. The Morgan fingerprint density at radius 3 is 1.34 bits per heavy atom. The summed E-state index contributed by atoms with van der Waals surface area (Å²) < 4.78 is 48.3. The van der Waals surface area contributed by atoms with E-state index in [0.29, 0.717) is 80.6 Å². The second kappa shape index (κ2) is 18.0. The van der Waals surface area contributed by atoms with Crippen LogP contribution in [-0.2, 0) is 47.5 Å². The van der Waals surface area contributed by atoms with Gasteiger partial charge >= 0.3 is 6.18 Å². The van der Waals surface area contributed by atoms with Crippen LogP contribution in [-0.4, -0.2) is 27.7 Å². The van der Waals surface area contributed by atoms with Crippen molar-refractivity contribution in [2.45, 2.75) is 160 Å². The van der Waals surface area contributed by atoms with Gasteiger partial charge in [0.05, 0.1) is 6.72 Å². The Hall–Kier alpha value is -3.84. The predicted octanol–water partition coefficient (Wildman–Crippen LogP) is 16.6. The molecule has 1 aliphatic heterocycles. The van der Waals surface area contributed by atoms with Gasteiger partial charge in [0, 0.05) is 53.7 Å². The average Bonchev–Trinajstić information content (AvgIpc) is 3.22. The fourth-order valence-corrected chi connectivity index (χ4v) is 15.7. The third kappa shape index (κ3) is 8.84. The van der Waals surface area contributed by atoms with E-state index in [-0.39, 0.29) is 73.9 Å². The van der Waals surface area contributed by atoms with E-state index in [1.807, 2.05) is 50.2 Å². The minimum atomic E-state index is -4.67. The molecular weight excluding hydrogens is 1040 g/mol. The Bertz CT molecular complexity index is 2720. The van der Waals surface area contributed by atoms with E-state index in [2.05, 4.69) is 72.5 Å². The molecule has 8 bridgehead atoms. The number of aryl methyl sites for hydroxylation is 2. The van der Waals surface area contributed by atoms with Crippen LogP contribution in [0.5, 0.6) is 11.5 Å². The van der Waals surface area contributed by atoms with E-state index in [0.717, 1.165) is 71.9 Å². The molecule has 0 amide bonds. The number of benzene rings is 4. The minimum absolute atomic E-state index is 0. The van der Waals surface area contributed by atoms with Gasteiger partial charge in [-0.05, 0) is 194 Å². The maximum Gasteiger partial charge on any atom is 0.393 e. The molecule has 1 heterocycles. The fraction of sp³-hybridized carbons (Fsp3) is 0.492. The molecule has 0 saturated heterocycles. The first-order valence-electron chi connectivity index (χ1n) is 25.4. The van der Waals surface area contributed by atoms with Crippen molar-refractivity contribution < 1.29 is 53.8 Å². The number of aromatic hydroxyl groups is 2. The molecule has 0 aromatic heterocycles. The quantitative estimate of drug-likeness (QED) is 0.115. The topological polar surface area (TPSA) is 43.5 Å². The van der Waals surface area contributed by atoms with E-state index in [1.165, 1.54) is 50.7 Å². The normalized spacial score (nSPS) is 28.7. The summed E-state index contributed by atoms with van der Waals surface area (Å²) >= 11 is 0. The molecule has 2 N–H and O–H groups in total. The molecule has 8 saturated carbocycles. The van der Waals surface area contributed by atoms with Crippen molar-refractivity contribution in [1.29, 1.82) is 0 Å². The molecule has 3 nitrogen and oxygen atoms in total. The van der Waals surface area contributed by atoms with Crippen molar-refractivity contribution >= 4 is 12.4 Å². The summed E-state index contributed by atoms with van der Waals surface area (Å²) in [5.74, 6) is 4.54. The zero-order valence-electron chi connectivity index (χ0n) is 43.6. The van der Waals surface area contributed by atoms with Crippen LogP contribution in [0.25, 0.3) is 28.0 Å². The summed E-state index contributed by atoms with van der Waals surface area (Å²) in [6.45, 7) is 21.7. The Morgan fingerprint density at radius 2 is 0.943 bits per heavy atom. The van der Waals surface area contributed by atoms with Crippen LogP contribution < -0.4 is 0 Å². The molecule has 0 spiro atoms. The number of nitrogens with zero attached hydrogens (tertiary/aromatic N) is 1. The van der Waals surface area contributed by atoms with Crippen molar-refractivity contribution in [3.63, 3.8) is 0 Å². The minimum Gasteiger partial charge on any atom is -0.508 e. The molecule has 4 aromatic carbocycles. The van der Waals surface area contributed by atoms with Crippen molar-refractivity contribution in [3.8, 4) is 33.8 Å². The van der Waals surface area contributed by atoms with Gasteiger partial charge in [0.15, 0.2) is 5.70 Å². The average molecular weight is 1110 g/mol. The number of rotatable bonds is 6. The van der Waals surface area contributed by atoms with Gasteiger partial charge in [0.25, 0.3) is 0 Å². The standard InChI is InChI=1S/C61H70F3NO2.2CH3.Hf/c1-34-10-12-45(49-22-42(57(3,4)5)24-51(55(49)66)59-28-36-16-37(29-59)18-38(17-36)30-59)47(14-34)53-26-44(61(62,63)64)27-54(65(53)9)48-15-35(2)11-13-46(48)50-23-43(58(6,7)8)25-52(56(50)67)60-31-39-19-40(32-60)21-41(20-39)33-60;;;/h10-15,22-27,36-41,66-67H,9,16-21,28-33H2,1-8H3;2*1H3;/q;2*-1;. The molecular formula is C63H76F3HfNO2-2. The number of hydrogen-bond acceptors (Lipinski definition) is 2. The number of hydrogen-bond donors (Lipinski definition) is 2. The SMILES string of the molecule is C=[N+]1C(c2cc(C)ccc2-c2cc(C(C)(C)C)cc(C34CC5CC(CC(C5)C3)C4)c2O)=CC(C(F)(F)F)=C[C-]1c1cc(C)ccc1-c1cc(C(C)(C)C)cc(C23CC4CC(CC(C4)C2)C3)c1O.[CH3-].[CH3-].[Hf]. The number of allylic oxidation sites excluding steroid dienone is 2. The number of phenols is 2. The van der Waals surface area contributed by atoms with Gasteiger partial charge in [-0.3, -0.25) is 0 Å². The van der Waals surface area contributed by atoms with Crippen molar-refractivity contribution in [1.82, 2.24) is 0 Å². The summed E-state index contributed by atoms with van der Waals surface area (Å²) in [5, 5.41) is 25.6. The fourth-order valence-electron chi connectivity index (χ4n) is 15.7. The van der Waals surface area contributed by atoms with Crippen LogP contribution in [0.1, 0.15) is 163 Å². The predicted molar refractivity (Wildman–Crippen MR) is 278 cm³/mol. The van der Waals surface area contributed by atoms with E-state index in [9.17, 15) is 10.2 Å². The molecule has 70 heavy (non-hydrogen) atoms. The summed E-state index contributed by atoms with van der Waals surface area (Å²) in [4.78, 5) is 0. The zero-order chi connectivity index (χ0) is 47.3. The maximum absolute atomic E-state index is 15.5. The van der Waals surface area contributed by atoms with Gasteiger partial charge in [-0.2, -0.15) is 13.2 Å². The van der Waals surface area contributed by atoms with Gasteiger partial charge in [0.1, 0.15) is 17.5 Å². The van der Waals surface area contributed by atoms with Gasteiger partial charge in [-0.25, -0.2) is 4.58 Å². The molecule has 0 atom stereocenters. The van der Waals surface area contributed by atoms with E-state index < -0.39 is 11.7 Å².